The molecule has 4 heteroatoms. The van der Waals surface area contributed by atoms with Gasteiger partial charge >= 0.3 is 0 Å². The number of nitrogens with one attached hydrogen (secondary N) is 1. The summed E-state index contributed by atoms with van der Waals surface area (Å²) in [7, 11) is 2.09. The number of hydrogen-bond donors (Lipinski definition) is 2. The molecule has 0 radical (unpaired) electrons. The number of nitrogens with zero attached hydrogens (tertiary/aromatic N) is 1. The molecule has 92 valence electrons. The Hall–Kier alpha value is -0.610. The minimum Gasteiger partial charge on any atom is -0.393 e. The summed E-state index contributed by atoms with van der Waals surface area (Å²) in [6.07, 6.45) is 4.13. The number of likely N-dealkylation sites (tertiary alicyclic amines) is 1. The van der Waals surface area contributed by atoms with Gasteiger partial charge in [-0.15, -0.1) is 0 Å². The molecule has 0 spiro atoms. The summed E-state index contributed by atoms with van der Waals surface area (Å²) in [5, 5.41) is 12.5. The van der Waals surface area contributed by atoms with Gasteiger partial charge in [0, 0.05) is 18.5 Å². The highest BCUT2D eigenvalue weighted by molar-refractivity contribution is 5.79. The zero-order valence-electron chi connectivity index (χ0n) is 9.98. The highest BCUT2D eigenvalue weighted by Crippen LogP contribution is 2.24. The van der Waals surface area contributed by atoms with E-state index in [9.17, 15) is 9.90 Å². The molecule has 1 unspecified atom stereocenters. The molecule has 1 aliphatic carbocycles. The van der Waals surface area contributed by atoms with Gasteiger partial charge in [-0.1, -0.05) is 0 Å². The average Bonchev–Trinajstić information content (AvgIpc) is 2.65. The van der Waals surface area contributed by atoms with Crippen LogP contribution < -0.4 is 5.32 Å². The Morgan fingerprint density at radius 1 is 1.25 bits per heavy atom. The fourth-order valence-corrected chi connectivity index (χ4v) is 2.71. The highest BCUT2D eigenvalue weighted by Gasteiger charge is 2.28. The first-order valence-electron chi connectivity index (χ1n) is 6.32. The number of rotatable bonds is 2. The van der Waals surface area contributed by atoms with Gasteiger partial charge in [-0.2, -0.15) is 0 Å². The Labute approximate surface area is 97.0 Å². The van der Waals surface area contributed by atoms with Crippen LogP contribution >= 0.6 is 0 Å². The van der Waals surface area contributed by atoms with E-state index >= 15 is 0 Å². The Bertz CT molecular complexity index is 249. The molecule has 16 heavy (non-hydrogen) atoms. The first-order chi connectivity index (χ1) is 7.65. The van der Waals surface area contributed by atoms with Gasteiger partial charge in [0.2, 0.25) is 5.91 Å². The van der Waals surface area contributed by atoms with Crippen molar-refractivity contribution in [2.24, 2.45) is 5.92 Å². The molecule has 0 aromatic heterocycles. The molecule has 2 aliphatic rings. The first kappa shape index (κ1) is 11.9. The quantitative estimate of drug-likeness (QED) is 0.715. The normalized spacial score (nSPS) is 36.2. The molecule has 1 amide bonds. The lowest BCUT2D eigenvalue weighted by atomic mass is 9.87. The van der Waals surface area contributed by atoms with Crippen molar-refractivity contribution in [3.63, 3.8) is 0 Å². The number of amides is 1. The lowest BCUT2D eigenvalue weighted by Crippen LogP contribution is -2.41. The number of carbonyl (C=O) groups excluding carboxylic acids is 1. The first-order valence-corrected chi connectivity index (χ1v) is 6.32. The van der Waals surface area contributed by atoms with Crippen LogP contribution in [0.4, 0.5) is 0 Å². The van der Waals surface area contributed by atoms with E-state index in [1.165, 1.54) is 0 Å². The molecule has 2 fully saturated rings. The van der Waals surface area contributed by atoms with Crippen LogP contribution in [0.3, 0.4) is 0 Å². The SMILES string of the molecule is CN1CCC(NC(=O)C2CCC(O)CC2)C1. The summed E-state index contributed by atoms with van der Waals surface area (Å²) in [6, 6.07) is 0.337. The molecule has 1 heterocycles. The monoisotopic (exact) mass is 226 g/mol. The summed E-state index contributed by atoms with van der Waals surface area (Å²) in [5.41, 5.74) is 0. The van der Waals surface area contributed by atoms with Gasteiger partial charge in [0.15, 0.2) is 0 Å². The van der Waals surface area contributed by atoms with Gasteiger partial charge in [-0.25, -0.2) is 0 Å². The molecular formula is C12H22N2O2. The van der Waals surface area contributed by atoms with Gasteiger partial charge in [-0.3, -0.25) is 4.79 Å². The van der Waals surface area contributed by atoms with Crippen molar-refractivity contribution in [3.05, 3.63) is 0 Å². The minimum atomic E-state index is -0.179. The van der Waals surface area contributed by atoms with E-state index in [4.69, 9.17) is 0 Å². The van der Waals surface area contributed by atoms with Crippen LogP contribution in [0, 0.1) is 5.92 Å². The molecule has 1 saturated carbocycles. The summed E-state index contributed by atoms with van der Waals surface area (Å²) in [6.45, 7) is 2.05. The Balaban J connectivity index is 1.75. The summed E-state index contributed by atoms with van der Waals surface area (Å²) < 4.78 is 0. The van der Waals surface area contributed by atoms with Crippen LogP contribution in [0.2, 0.25) is 0 Å². The third-order valence-corrected chi connectivity index (χ3v) is 3.81. The fourth-order valence-electron chi connectivity index (χ4n) is 2.71. The van der Waals surface area contributed by atoms with E-state index in [0.717, 1.165) is 45.2 Å². The summed E-state index contributed by atoms with van der Waals surface area (Å²) >= 11 is 0. The van der Waals surface area contributed by atoms with Gasteiger partial charge in [0.25, 0.3) is 0 Å². The standard InChI is InChI=1S/C12H22N2O2/c1-14-7-6-10(8-14)13-12(16)9-2-4-11(15)5-3-9/h9-11,15H,2-8H2,1H3,(H,13,16). The van der Waals surface area contributed by atoms with Crippen LogP contribution in [0.25, 0.3) is 0 Å². The zero-order valence-corrected chi connectivity index (χ0v) is 9.98. The van der Waals surface area contributed by atoms with E-state index in [1.807, 2.05) is 0 Å². The Morgan fingerprint density at radius 2 is 1.94 bits per heavy atom. The number of aliphatic hydroxyl groups excluding tert-OH is 1. The van der Waals surface area contributed by atoms with Crippen LogP contribution in [-0.2, 0) is 4.79 Å². The predicted octanol–water partition coefficient (Wildman–Crippen LogP) is 0.358. The van der Waals surface area contributed by atoms with Gasteiger partial charge in [0.05, 0.1) is 6.10 Å². The van der Waals surface area contributed by atoms with Crippen molar-refractivity contribution < 1.29 is 9.90 Å². The molecular weight excluding hydrogens is 204 g/mol. The second-order valence-electron chi connectivity index (χ2n) is 5.26. The lowest BCUT2D eigenvalue weighted by Gasteiger charge is -2.25. The van der Waals surface area contributed by atoms with Crippen molar-refractivity contribution in [1.82, 2.24) is 10.2 Å². The molecule has 1 aliphatic heterocycles. The highest BCUT2D eigenvalue weighted by atomic mass is 16.3. The van der Waals surface area contributed by atoms with E-state index < -0.39 is 0 Å². The van der Waals surface area contributed by atoms with Gasteiger partial charge < -0.3 is 15.3 Å². The predicted molar refractivity (Wildman–Crippen MR) is 62.0 cm³/mol. The molecule has 2 N–H and O–H groups in total. The Kier molecular flexibility index (Phi) is 3.82. The maximum atomic E-state index is 12.0. The molecule has 1 atom stereocenters. The minimum absolute atomic E-state index is 0.134. The van der Waals surface area contributed by atoms with Crippen LogP contribution in [-0.4, -0.2) is 48.2 Å². The smallest absolute Gasteiger partial charge is 0.223 e. The van der Waals surface area contributed by atoms with Crippen molar-refractivity contribution in [1.29, 1.82) is 0 Å². The number of aliphatic hydroxyl groups is 1. The molecule has 0 bridgehead atoms. The average molecular weight is 226 g/mol. The fraction of sp³-hybridized carbons (Fsp3) is 0.917. The zero-order chi connectivity index (χ0) is 11.5. The van der Waals surface area contributed by atoms with Crippen molar-refractivity contribution in [2.45, 2.75) is 44.2 Å². The maximum absolute atomic E-state index is 12.0. The third kappa shape index (κ3) is 2.95. The largest absolute Gasteiger partial charge is 0.393 e. The molecule has 4 nitrogen and oxygen atoms in total. The van der Waals surface area contributed by atoms with E-state index in [0.29, 0.717) is 6.04 Å². The van der Waals surface area contributed by atoms with Crippen LogP contribution in [0.5, 0.6) is 0 Å². The van der Waals surface area contributed by atoms with Crippen LogP contribution in [0.1, 0.15) is 32.1 Å². The number of hydrogen-bond acceptors (Lipinski definition) is 3. The van der Waals surface area contributed by atoms with E-state index in [2.05, 4.69) is 17.3 Å². The van der Waals surface area contributed by atoms with Crippen molar-refractivity contribution in [2.75, 3.05) is 20.1 Å². The van der Waals surface area contributed by atoms with Crippen molar-refractivity contribution in [3.8, 4) is 0 Å². The summed E-state index contributed by atoms with van der Waals surface area (Å²) in [4.78, 5) is 14.2. The maximum Gasteiger partial charge on any atom is 0.223 e. The molecule has 0 aromatic rings. The van der Waals surface area contributed by atoms with E-state index in [-0.39, 0.29) is 17.9 Å². The topological polar surface area (TPSA) is 52.6 Å². The second kappa shape index (κ2) is 5.15. The van der Waals surface area contributed by atoms with Gasteiger partial charge in [0.1, 0.15) is 0 Å². The Morgan fingerprint density at radius 3 is 2.50 bits per heavy atom. The van der Waals surface area contributed by atoms with Crippen molar-refractivity contribution >= 4 is 5.91 Å². The number of carbonyl (C=O) groups is 1. The molecule has 2 rings (SSSR count). The molecule has 1 saturated heterocycles. The van der Waals surface area contributed by atoms with Crippen LogP contribution in [0.15, 0.2) is 0 Å². The third-order valence-electron chi connectivity index (χ3n) is 3.81. The second-order valence-corrected chi connectivity index (χ2v) is 5.26. The van der Waals surface area contributed by atoms with Gasteiger partial charge in [-0.05, 0) is 45.7 Å². The number of likely N-dealkylation sites (N-methyl/N-ethyl adjacent to an activating group) is 1. The summed E-state index contributed by atoms with van der Waals surface area (Å²) in [5.74, 6) is 0.335. The lowest BCUT2D eigenvalue weighted by molar-refractivity contribution is -0.127. The molecule has 0 aromatic carbocycles. The van der Waals surface area contributed by atoms with E-state index in [1.54, 1.807) is 0 Å².